The number of H-pyrrole nitrogens is 1. The zero-order chi connectivity index (χ0) is 10.2. The highest BCUT2D eigenvalue weighted by Gasteiger charge is 2.34. The van der Waals surface area contributed by atoms with Crippen LogP contribution in [0.5, 0.6) is 0 Å². The van der Waals surface area contributed by atoms with Gasteiger partial charge in [0.2, 0.25) is 0 Å². The van der Waals surface area contributed by atoms with E-state index in [0.717, 1.165) is 25.6 Å². The number of nitrogens with zero attached hydrogens (tertiary/aromatic N) is 1. The lowest BCUT2D eigenvalue weighted by Gasteiger charge is -2.06. The molecule has 0 spiro atoms. The molecular weight excluding hydrogens is 195 g/mol. The molecule has 2 rings (SSSR count). The maximum atomic E-state index is 12.2. The largest absolute Gasteiger partial charge is 0.432 e. The molecule has 0 aromatic carbocycles. The molecule has 1 aromatic rings. The minimum atomic E-state index is -4.33. The number of nitrogens with one attached hydrogen (secondary N) is 2. The molecule has 2 heterocycles. The van der Waals surface area contributed by atoms with E-state index in [9.17, 15) is 13.2 Å². The number of alkyl halides is 3. The van der Waals surface area contributed by atoms with Crippen LogP contribution in [0.15, 0.2) is 6.20 Å². The highest BCUT2D eigenvalue weighted by atomic mass is 19.4. The van der Waals surface area contributed by atoms with Crippen molar-refractivity contribution in [2.24, 2.45) is 0 Å². The van der Waals surface area contributed by atoms with Crippen LogP contribution >= 0.6 is 0 Å². The van der Waals surface area contributed by atoms with Crippen LogP contribution in [0.3, 0.4) is 0 Å². The molecule has 1 aliphatic heterocycles. The van der Waals surface area contributed by atoms with Crippen molar-refractivity contribution >= 4 is 0 Å². The highest BCUT2D eigenvalue weighted by Crippen LogP contribution is 2.29. The van der Waals surface area contributed by atoms with Gasteiger partial charge in [0, 0.05) is 0 Å². The Labute approximate surface area is 78.7 Å². The fourth-order valence-corrected chi connectivity index (χ4v) is 1.58. The standard InChI is InChI=1S/C8H10F3N3/c9-8(10,11)6-4-13-7(14-6)5-2-1-3-12-5/h4-5,12H,1-3H2,(H,13,14)/t5-/m0/s1. The smallest absolute Gasteiger partial charge is 0.337 e. The first-order valence-electron chi connectivity index (χ1n) is 4.43. The minimum Gasteiger partial charge on any atom is -0.337 e. The van der Waals surface area contributed by atoms with E-state index in [1.807, 2.05) is 0 Å². The monoisotopic (exact) mass is 205 g/mol. The van der Waals surface area contributed by atoms with Crippen molar-refractivity contribution in [3.05, 3.63) is 17.7 Å². The molecule has 0 aliphatic carbocycles. The van der Waals surface area contributed by atoms with E-state index in [2.05, 4.69) is 15.3 Å². The molecule has 0 saturated carbocycles. The molecular formula is C8H10F3N3. The molecule has 78 valence electrons. The van der Waals surface area contributed by atoms with Gasteiger partial charge in [0.1, 0.15) is 11.5 Å². The zero-order valence-corrected chi connectivity index (χ0v) is 7.36. The maximum Gasteiger partial charge on any atom is 0.432 e. The molecule has 0 radical (unpaired) electrons. The summed E-state index contributed by atoms with van der Waals surface area (Å²) in [4.78, 5) is 6.02. The lowest BCUT2D eigenvalue weighted by atomic mass is 10.2. The first kappa shape index (κ1) is 9.51. The number of hydrogen-bond acceptors (Lipinski definition) is 2. The molecule has 6 heteroatoms. The summed E-state index contributed by atoms with van der Waals surface area (Å²) in [5.74, 6) is 0.384. The molecule has 0 bridgehead atoms. The Morgan fingerprint density at radius 1 is 1.43 bits per heavy atom. The third kappa shape index (κ3) is 1.75. The van der Waals surface area contributed by atoms with Crippen LogP contribution in [-0.4, -0.2) is 16.5 Å². The minimum absolute atomic E-state index is 0.0499. The van der Waals surface area contributed by atoms with Crippen LogP contribution in [0.25, 0.3) is 0 Å². The predicted molar refractivity (Wildman–Crippen MR) is 43.6 cm³/mol. The summed E-state index contributed by atoms with van der Waals surface area (Å²) in [7, 11) is 0. The average molecular weight is 205 g/mol. The van der Waals surface area contributed by atoms with Crippen molar-refractivity contribution in [3.63, 3.8) is 0 Å². The number of hydrogen-bond donors (Lipinski definition) is 2. The Kier molecular flexibility index (Phi) is 2.22. The van der Waals surface area contributed by atoms with Gasteiger partial charge in [-0.1, -0.05) is 0 Å². The first-order chi connectivity index (χ1) is 6.57. The fourth-order valence-electron chi connectivity index (χ4n) is 1.58. The van der Waals surface area contributed by atoms with E-state index in [1.54, 1.807) is 0 Å². The summed E-state index contributed by atoms with van der Waals surface area (Å²) < 4.78 is 36.6. The Morgan fingerprint density at radius 3 is 2.71 bits per heavy atom. The maximum absolute atomic E-state index is 12.2. The van der Waals surface area contributed by atoms with Crippen molar-refractivity contribution in [2.45, 2.75) is 25.1 Å². The zero-order valence-electron chi connectivity index (χ0n) is 7.36. The van der Waals surface area contributed by atoms with Gasteiger partial charge in [-0.25, -0.2) is 4.98 Å². The molecule has 14 heavy (non-hydrogen) atoms. The van der Waals surface area contributed by atoms with Gasteiger partial charge in [0.15, 0.2) is 0 Å². The summed E-state index contributed by atoms with van der Waals surface area (Å²) >= 11 is 0. The van der Waals surface area contributed by atoms with Gasteiger partial charge in [-0.3, -0.25) is 0 Å². The van der Waals surface area contributed by atoms with E-state index in [4.69, 9.17) is 0 Å². The summed E-state index contributed by atoms with van der Waals surface area (Å²) in [6, 6.07) is -0.0499. The molecule has 1 fully saturated rings. The van der Waals surface area contributed by atoms with Gasteiger partial charge in [-0.15, -0.1) is 0 Å². The van der Waals surface area contributed by atoms with Crippen LogP contribution in [0, 0.1) is 0 Å². The molecule has 0 amide bonds. The van der Waals surface area contributed by atoms with E-state index < -0.39 is 11.9 Å². The second-order valence-electron chi connectivity index (χ2n) is 3.33. The second kappa shape index (κ2) is 3.27. The number of aromatic amines is 1. The topological polar surface area (TPSA) is 40.7 Å². The number of imidazole rings is 1. The van der Waals surface area contributed by atoms with Gasteiger partial charge in [-0.2, -0.15) is 13.2 Å². The third-order valence-electron chi connectivity index (χ3n) is 2.29. The van der Waals surface area contributed by atoms with Crippen LogP contribution in [-0.2, 0) is 6.18 Å². The van der Waals surface area contributed by atoms with Crippen molar-refractivity contribution in [1.29, 1.82) is 0 Å². The Bertz CT molecular complexity index is 312. The van der Waals surface area contributed by atoms with Crippen molar-refractivity contribution in [3.8, 4) is 0 Å². The van der Waals surface area contributed by atoms with Crippen LogP contribution in [0.4, 0.5) is 13.2 Å². The van der Waals surface area contributed by atoms with E-state index in [0.29, 0.717) is 5.82 Å². The Morgan fingerprint density at radius 2 is 2.21 bits per heavy atom. The number of aromatic nitrogens is 2. The molecule has 2 N–H and O–H groups in total. The molecule has 1 aliphatic rings. The molecule has 0 unspecified atom stereocenters. The van der Waals surface area contributed by atoms with Gasteiger partial charge in [0.05, 0.1) is 12.2 Å². The van der Waals surface area contributed by atoms with Crippen LogP contribution < -0.4 is 5.32 Å². The van der Waals surface area contributed by atoms with Crippen LogP contribution in [0.1, 0.15) is 30.4 Å². The van der Waals surface area contributed by atoms with Gasteiger partial charge in [0.25, 0.3) is 0 Å². The quantitative estimate of drug-likeness (QED) is 0.734. The summed E-state index contributed by atoms with van der Waals surface area (Å²) in [6.07, 6.45) is -1.67. The number of halogens is 3. The van der Waals surface area contributed by atoms with E-state index in [-0.39, 0.29) is 6.04 Å². The summed E-state index contributed by atoms with van der Waals surface area (Å²) in [6.45, 7) is 0.840. The SMILES string of the molecule is FC(F)(F)c1cnc([C@@H]2CCCN2)[nH]1. The van der Waals surface area contributed by atoms with Gasteiger partial charge in [-0.05, 0) is 19.4 Å². The lowest BCUT2D eigenvalue weighted by Crippen LogP contribution is -2.14. The Balaban J connectivity index is 2.17. The van der Waals surface area contributed by atoms with Crippen molar-refractivity contribution in [1.82, 2.24) is 15.3 Å². The fraction of sp³-hybridized carbons (Fsp3) is 0.625. The molecule has 3 nitrogen and oxygen atoms in total. The van der Waals surface area contributed by atoms with Crippen molar-refractivity contribution in [2.75, 3.05) is 6.54 Å². The highest BCUT2D eigenvalue weighted by molar-refractivity contribution is 5.08. The lowest BCUT2D eigenvalue weighted by molar-refractivity contribution is -0.140. The summed E-state index contributed by atoms with van der Waals surface area (Å²) in [5.41, 5.74) is -0.777. The molecule has 1 atom stereocenters. The second-order valence-corrected chi connectivity index (χ2v) is 3.33. The molecule has 1 saturated heterocycles. The Hall–Kier alpha value is -1.04. The first-order valence-corrected chi connectivity index (χ1v) is 4.43. The van der Waals surface area contributed by atoms with E-state index in [1.165, 1.54) is 0 Å². The van der Waals surface area contributed by atoms with Gasteiger partial charge >= 0.3 is 6.18 Å². The van der Waals surface area contributed by atoms with Crippen LogP contribution in [0.2, 0.25) is 0 Å². The summed E-state index contributed by atoms with van der Waals surface area (Å²) in [5, 5.41) is 3.08. The van der Waals surface area contributed by atoms with E-state index >= 15 is 0 Å². The van der Waals surface area contributed by atoms with Crippen molar-refractivity contribution < 1.29 is 13.2 Å². The predicted octanol–water partition coefficient (Wildman–Crippen LogP) is 1.85. The number of rotatable bonds is 1. The average Bonchev–Trinajstić information content (AvgIpc) is 2.73. The molecule has 1 aromatic heterocycles. The normalized spacial score (nSPS) is 22.9. The third-order valence-corrected chi connectivity index (χ3v) is 2.29. The van der Waals surface area contributed by atoms with Gasteiger partial charge < -0.3 is 10.3 Å².